The van der Waals surface area contributed by atoms with Gasteiger partial charge in [0.25, 0.3) is 0 Å². The molecule has 3 unspecified atom stereocenters. The van der Waals surface area contributed by atoms with Crippen molar-refractivity contribution in [3.8, 4) is 0 Å². The number of fused-ring (bicyclic) bond motifs is 2. The van der Waals surface area contributed by atoms with Crippen LogP contribution in [0.2, 0.25) is 0 Å². The van der Waals surface area contributed by atoms with Gasteiger partial charge in [0, 0.05) is 19.1 Å². The number of likely N-dealkylation sites (tertiary alicyclic amines) is 1. The minimum atomic E-state index is -0.0700. The van der Waals surface area contributed by atoms with Crippen LogP contribution in [0.5, 0.6) is 0 Å². The highest BCUT2D eigenvalue weighted by Crippen LogP contribution is 2.35. The van der Waals surface area contributed by atoms with Crippen molar-refractivity contribution in [1.82, 2.24) is 4.90 Å². The Labute approximate surface area is 78.7 Å². The van der Waals surface area contributed by atoms with Crippen molar-refractivity contribution in [2.75, 3.05) is 19.7 Å². The molecule has 2 aliphatic heterocycles. The number of aliphatic hydroxyl groups is 1. The third kappa shape index (κ3) is 1.49. The molecule has 1 aliphatic carbocycles. The van der Waals surface area contributed by atoms with Crippen molar-refractivity contribution >= 4 is 0 Å². The lowest BCUT2D eigenvalue weighted by Crippen LogP contribution is -2.42. The predicted octanol–water partition coefficient (Wildman–Crippen LogP) is 0.230. The Bertz CT molecular complexity index is 205. The summed E-state index contributed by atoms with van der Waals surface area (Å²) in [5.41, 5.74) is 0. The molecule has 2 saturated heterocycles. The maximum Gasteiger partial charge on any atom is 0.0718 e. The molecular formula is C10H17NO2. The molecule has 0 aromatic rings. The summed E-state index contributed by atoms with van der Waals surface area (Å²) in [4.78, 5) is 2.41. The summed E-state index contributed by atoms with van der Waals surface area (Å²) in [5, 5.41) is 9.80. The zero-order valence-electron chi connectivity index (χ0n) is 7.85. The fourth-order valence-corrected chi connectivity index (χ4v) is 2.57. The van der Waals surface area contributed by atoms with Crippen LogP contribution in [0.4, 0.5) is 0 Å². The standard InChI is InChI=1S/C10H17NO2/c12-10(7-1-2-7)5-11-4-9-3-8(11)6-13-9/h7-10,12H,1-6H2. The minimum Gasteiger partial charge on any atom is -0.392 e. The van der Waals surface area contributed by atoms with Crippen LogP contribution in [0.25, 0.3) is 0 Å². The summed E-state index contributed by atoms with van der Waals surface area (Å²) in [6, 6.07) is 0.610. The third-order valence-corrected chi connectivity index (χ3v) is 3.60. The molecule has 0 aromatic carbocycles. The molecule has 0 radical (unpaired) electrons. The topological polar surface area (TPSA) is 32.7 Å². The van der Waals surface area contributed by atoms with E-state index < -0.39 is 0 Å². The molecule has 3 rings (SSSR count). The first-order valence-corrected chi connectivity index (χ1v) is 5.36. The molecule has 3 atom stereocenters. The highest BCUT2D eigenvalue weighted by Gasteiger charge is 2.41. The van der Waals surface area contributed by atoms with Crippen molar-refractivity contribution in [2.24, 2.45) is 5.92 Å². The van der Waals surface area contributed by atoms with Crippen LogP contribution in [0.1, 0.15) is 19.3 Å². The number of hydrogen-bond donors (Lipinski definition) is 1. The van der Waals surface area contributed by atoms with E-state index in [4.69, 9.17) is 4.74 Å². The molecule has 1 saturated carbocycles. The normalized spacial score (nSPS) is 41.3. The number of aliphatic hydroxyl groups excluding tert-OH is 1. The van der Waals surface area contributed by atoms with Gasteiger partial charge < -0.3 is 9.84 Å². The van der Waals surface area contributed by atoms with E-state index in [9.17, 15) is 5.11 Å². The minimum absolute atomic E-state index is 0.0700. The van der Waals surface area contributed by atoms with E-state index in [2.05, 4.69) is 4.90 Å². The Morgan fingerprint density at radius 3 is 2.85 bits per heavy atom. The van der Waals surface area contributed by atoms with E-state index in [1.807, 2.05) is 0 Å². The van der Waals surface area contributed by atoms with Gasteiger partial charge in [0.05, 0.1) is 18.8 Å². The van der Waals surface area contributed by atoms with Gasteiger partial charge in [-0.2, -0.15) is 0 Å². The SMILES string of the molecule is OC(CN1CC2CC1CO2)C1CC1. The lowest BCUT2D eigenvalue weighted by atomic mass is 10.2. The molecule has 2 heterocycles. The lowest BCUT2D eigenvalue weighted by Gasteiger charge is -2.28. The number of rotatable bonds is 3. The summed E-state index contributed by atoms with van der Waals surface area (Å²) in [6.07, 6.45) is 4.06. The molecule has 13 heavy (non-hydrogen) atoms. The van der Waals surface area contributed by atoms with Crippen molar-refractivity contribution < 1.29 is 9.84 Å². The van der Waals surface area contributed by atoms with E-state index in [-0.39, 0.29) is 6.10 Å². The number of ether oxygens (including phenoxy) is 1. The van der Waals surface area contributed by atoms with Gasteiger partial charge in [-0.3, -0.25) is 4.90 Å². The summed E-state index contributed by atoms with van der Waals surface area (Å²) in [7, 11) is 0. The Balaban J connectivity index is 1.55. The Morgan fingerprint density at radius 1 is 1.46 bits per heavy atom. The second kappa shape index (κ2) is 2.94. The first-order chi connectivity index (χ1) is 6.33. The van der Waals surface area contributed by atoms with Crippen LogP contribution in [0.3, 0.4) is 0 Å². The van der Waals surface area contributed by atoms with Crippen molar-refractivity contribution in [3.05, 3.63) is 0 Å². The predicted molar refractivity (Wildman–Crippen MR) is 48.4 cm³/mol. The maximum atomic E-state index is 9.80. The van der Waals surface area contributed by atoms with Crippen LogP contribution in [-0.4, -0.2) is 48.0 Å². The second-order valence-corrected chi connectivity index (χ2v) is 4.70. The van der Waals surface area contributed by atoms with E-state index in [1.165, 1.54) is 19.3 Å². The number of β-amino-alcohol motifs (C(OH)–C–C–N with tert-alkyl or cyclic N) is 1. The fraction of sp³-hybridized carbons (Fsp3) is 1.00. The Hall–Kier alpha value is -0.120. The Kier molecular flexibility index (Phi) is 1.86. The van der Waals surface area contributed by atoms with Crippen LogP contribution in [0, 0.1) is 5.92 Å². The Morgan fingerprint density at radius 2 is 2.31 bits per heavy atom. The van der Waals surface area contributed by atoms with Crippen LogP contribution >= 0.6 is 0 Å². The second-order valence-electron chi connectivity index (χ2n) is 4.70. The lowest BCUT2D eigenvalue weighted by molar-refractivity contribution is 0.00622. The molecular weight excluding hydrogens is 166 g/mol. The maximum absolute atomic E-state index is 9.80. The highest BCUT2D eigenvalue weighted by atomic mass is 16.5. The van der Waals surface area contributed by atoms with Gasteiger partial charge in [-0.15, -0.1) is 0 Å². The molecule has 0 spiro atoms. The molecule has 0 aromatic heterocycles. The smallest absolute Gasteiger partial charge is 0.0718 e. The van der Waals surface area contributed by atoms with Gasteiger partial charge in [-0.25, -0.2) is 0 Å². The van der Waals surface area contributed by atoms with Crippen LogP contribution in [-0.2, 0) is 4.74 Å². The molecule has 0 amide bonds. The average Bonchev–Trinajstić information content (AvgIpc) is 2.79. The molecule has 74 valence electrons. The average molecular weight is 183 g/mol. The highest BCUT2D eigenvalue weighted by molar-refractivity contribution is 4.94. The van der Waals surface area contributed by atoms with Gasteiger partial charge >= 0.3 is 0 Å². The monoisotopic (exact) mass is 183 g/mol. The quantitative estimate of drug-likeness (QED) is 0.680. The van der Waals surface area contributed by atoms with Gasteiger partial charge in [0.1, 0.15) is 0 Å². The zero-order valence-corrected chi connectivity index (χ0v) is 7.85. The molecule has 3 fully saturated rings. The van der Waals surface area contributed by atoms with Gasteiger partial charge in [-0.1, -0.05) is 0 Å². The summed E-state index contributed by atoms with van der Waals surface area (Å²) in [6.45, 7) is 2.83. The number of nitrogens with zero attached hydrogens (tertiary/aromatic N) is 1. The summed E-state index contributed by atoms with van der Waals surface area (Å²) >= 11 is 0. The van der Waals surface area contributed by atoms with Crippen LogP contribution in [0.15, 0.2) is 0 Å². The van der Waals surface area contributed by atoms with Crippen molar-refractivity contribution in [3.63, 3.8) is 0 Å². The fourth-order valence-electron chi connectivity index (χ4n) is 2.57. The molecule has 3 nitrogen and oxygen atoms in total. The first kappa shape index (κ1) is 8.21. The van der Waals surface area contributed by atoms with Crippen molar-refractivity contribution in [2.45, 2.75) is 37.5 Å². The van der Waals surface area contributed by atoms with E-state index in [0.717, 1.165) is 19.7 Å². The van der Waals surface area contributed by atoms with Gasteiger partial charge in [-0.05, 0) is 25.2 Å². The molecule has 3 aliphatic rings. The summed E-state index contributed by atoms with van der Waals surface area (Å²) in [5.74, 6) is 0.611. The van der Waals surface area contributed by atoms with Crippen LogP contribution < -0.4 is 0 Å². The summed E-state index contributed by atoms with van der Waals surface area (Å²) < 4.78 is 5.52. The third-order valence-electron chi connectivity index (χ3n) is 3.60. The van der Waals surface area contributed by atoms with E-state index >= 15 is 0 Å². The first-order valence-electron chi connectivity index (χ1n) is 5.36. The molecule has 1 N–H and O–H groups in total. The molecule has 3 heteroatoms. The van der Waals surface area contributed by atoms with E-state index in [1.54, 1.807) is 0 Å². The molecule has 2 bridgehead atoms. The number of hydrogen-bond acceptors (Lipinski definition) is 3. The zero-order chi connectivity index (χ0) is 8.84. The van der Waals surface area contributed by atoms with Gasteiger partial charge in [0.2, 0.25) is 0 Å². The number of morpholine rings is 1. The van der Waals surface area contributed by atoms with E-state index in [0.29, 0.717) is 18.1 Å². The largest absolute Gasteiger partial charge is 0.392 e. The van der Waals surface area contributed by atoms with Crippen molar-refractivity contribution in [1.29, 1.82) is 0 Å². The van der Waals surface area contributed by atoms with Gasteiger partial charge in [0.15, 0.2) is 0 Å².